The van der Waals surface area contributed by atoms with Crippen molar-refractivity contribution in [3.05, 3.63) is 90.0 Å². The van der Waals surface area contributed by atoms with Crippen LogP contribution in [0, 0.1) is 5.92 Å². The first kappa shape index (κ1) is 15.2. The molecule has 1 aliphatic carbocycles. The molecule has 2 aromatic rings. The Morgan fingerprint density at radius 2 is 1.70 bits per heavy atom. The highest BCUT2D eigenvalue weighted by atomic mass is 14.9. The largest absolute Gasteiger partial charge is 0.266 e. The minimum absolute atomic E-state index is 0.419. The van der Waals surface area contributed by atoms with Crippen LogP contribution in [0.5, 0.6) is 0 Å². The van der Waals surface area contributed by atoms with E-state index in [0.717, 1.165) is 24.4 Å². The zero-order valence-electron chi connectivity index (χ0n) is 13.1. The first-order chi connectivity index (χ1) is 11.4. The molecule has 0 saturated carbocycles. The fourth-order valence-electron chi connectivity index (χ4n) is 2.67. The highest BCUT2D eigenvalue weighted by molar-refractivity contribution is 6.01. The summed E-state index contributed by atoms with van der Waals surface area (Å²) < 4.78 is 0. The molecule has 23 heavy (non-hydrogen) atoms. The van der Waals surface area contributed by atoms with Gasteiger partial charge in [0.1, 0.15) is 0 Å². The first-order valence-electron chi connectivity index (χ1n) is 7.87. The molecule has 3 rings (SSSR count). The molecule has 0 amide bonds. The van der Waals surface area contributed by atoms with Crippen molar-refractivity contribution in [2.45, 2.75) is 6.42 Å². The maximum Gasteiger partial charge on any atom is 0.153 e. The van der Waals surface area contributed by atoms with Gasteiger partial charge >= 0.3 is 0 Å². The smallest absolute Gasteiger partial charge is 0.153 e. The third-order valence-corrected chi connectivity index (χ3v) is 3.95. The number of amidine groups is 1. The summed E-state index contributed by atoms with van der Waals surface area (Å²) in [5.41, 5.74) is 3.57. The van der Waals surface area contributed by atoms with E-state index in [1.54, 1.807) is 0 Å². The van der Waals surface area contributed by atoms with Crippen LogP contribution in [0.4, 0.5) is 0 Å². The maximum absolute atomic E-state index is 4.64. The minimum Gasteiger partial charge on any atom is -0.266 e. The van der Waals surface area contributed by atoms with Crippen molar-refractivity contribution < 1.29 is 0 Å². The molecule has 0 aromatic heterocycles. The molecule has 2 nitrogen and oxygen atoms in total. The highest BCUT2D eigenvalue weighted by Gasteiger charge is 2.10. The van der Waals surface area contributed by atoms with E-state index in [0.29, 0.717) is 5.92 Å². The van der Waals surface area contributed by atoms with E-state index >= 15 is 0 Å². The number of hydrogen-bond donors (Lipinski definition) is 0. The Bertz CT molecular complexity index is 740. The van der Waals surface area contributed by atoms with Crippen LogP contribution in [-0.2, 0) is 0 Å². The Hall–Kier alpha value is -2.74. The molecule has 0 unspecified atom stereocenters. The van der Waals surface area contributed by atoms with Gasteiger partial charge in [0, 0.05) is 18.0 Å². The molecule has 0 radical (unpaired) electrons. The molecule has 1 aliphatic rings. The minimum atomic E-state index is 0.419. The van der Waals surface area contributed by atoms with E-state index in [1.807, 2.05) is 36.4 Å². The fraction of sp³-hybridized carbons (Fsp3) is 0.143. The lowest BCUT2D eigenvalue weighted by Gasteiger charge is -2.15. The van der Waals surface area contributed by atoms with E-state index in [9.17, 15) is 0 Å². The molecule has 0 spiro atoms. The quantitative estimate of drug-likeness (QED) is 0.573. The van der Waals surface area contributed by atoms with Crippen LogP contribution in [0.15, 0.2) is 88.9 Å². The second kappa shape index (κ2) is 7.50. The van der Waals surface area contributed by atoms with Crippen LogP contribution in [0.1, 0.15) is 17.5 Å². The summed E-state index contributed by atoms with van der Waals surface area (Å²) in [5, 5.41) is 0. The van der Waals surface area contributed by atoms with Crippen LogP contribution in [-0.4, -0.2) is 19.1 Å². The summed E-state index contributed by atoms with van der Waals surface area (Å²) in [6.07, 6.45) is 7.74. The third-order valence-electron chi connectivity index (χ3n) is 3.95. The summed E-state index contributed by atoms with van der Waals surface area (Å²) in [7, 11) is 0. The van der Waals surface area contributed by atoms with Gasteiger partial charge in [0.05, 0.1) is 0 Å². The number of nitrogens with zero attached hydrogens (tertiary/aromatic N) is 2. The number of hydrogen-bond acceptors (Lipinski definition) is 1. The summed E-state index contributed by atoms with van der Waals surface area (Å²) in [5.74, 6) is 1.14. The Morgan fingerprint density at radius 3 is 2.30 bits per heavy atom. The molecule has 114 valence electrons. The SMILES string of the molecule is C=NC(=NC[C@H]1C=CC(c2ccccc2)=CC1)c1ccccc1. The van der Waals surface area contributed by atoms with Crippen LogP contribution in [0.2, 0.25) is 0 Å². The highest BCUT2D eigenvalue weighted by Crippen LogP contribution is 2.24. The summed E-state index contributed by atoms with van der Waals surface area (Å²) >= 11 is 0. The zero-order chi connectivity index (χ0) is 15.9. The zero-order valence-corrected chi connectivity index (χ0v) is 13.1. The van der Waals surface area contributed by atoms with Crippen molar-refractivity contribution in [1.82, 2.24) is 0 Å². The lowest BCUT2D eigenvalue weighted by molar-refractivity contribution is 0.672. The van der Waals surface area contributed by atoms with Crippen molar-refractivity contribution in [2.24, 2.45) is 15.9 Å². The van der Waals surface area contributed by atoms with E-state index in [2.05, 4.69) is 59.2 Å². The Kier molecular flexibility index (Phi) is 4.95. The van der Waals surface area contributed by atoms with Gasteiger partial charge < -0.3 is 0 Å². The Balaban J connectivity index is 1.65. The topological polar surface area (TPSA) is 24.7 Å². The van der Waals surface area contributed by atoms with Gasteiger partial charge in [0.15, 0.2) is 5.84 Å². The molecule has 0 aliphatic heterocycles. The second-order valence-corrected chi connectivity index (χ2v) is 5.57. The maximum atomic E-state index is 4.64. The van der Waals surface area contributed by atoms with Crippen LogP contribution < -0.4 is 0 Å². The average Bonchev–Trinajstić information content (AvgIpc) is 2.64. The fourth-order valence-corrected chi connectivity index (χ4v) is 2.67. The number of allylic oxidation sites excluding steroid dienone is 3. The number of rotatable bonds is 4. The normalized spacial score (nSPS) is 17.7. The van der Waals surface area contributed by atoms with Gasteiger partial charge in [0.25, 0.3) is 0 Å². The monoisotopic (exact) mass is 300 g/mol. The third kappa shape index (κ3) is 3.92. The Morgan fingerprint density at radius 1 is 1.00 bits per heavy atom. The van der Waals surface area contributed by atoms with Crippen molar-refractivity contribution in [2.75, 3.05) is 6.54 Å². The molecule has 0 N–H and O–H groups in total. The summed E-state index contributed by atoms with van der Waals surface area (Å²) in [6.45, 7) is 4.38. The summed E-state index contributed by atoms with van der Waals surface area (Å²) in [6, 6.07) is 20.5. The number of aliphatic imine (C=N–C) groups is 2. The van der Waals surface area contributed by atoms with E-state index in [4.69, 9.17) is 0 Å². The number of benzene rings is 2. The van der Waals surface area contributed by atoms with Gasteiger partial charge in [-0.25, -0.2) is 4.99 Å². The summed E-state index contributed by atoms with van der Waals surface area (Å²) in [4.78, 5) is 8.71. The predicted molar refractivity (Wildman–Crippen MR) is 99.1 cm³/mol. The van der Waals surface area contributed by atoms with Crippen molar-refractivity contribution in [3.8, 4) is 0 Å². The Labute approximate surface area is 137 Å². The second-order valence-electron chi connectivity index (χ2n) is 5.57. The van der Waals surface area contributed by atoms with Gasteiger partial charge in [-0.15, -0.1) is 0 Å². The molecule has 0 bridgehead atoms. The molecule has 2 heteroatoms. The van der Waals surface area contributed by atoms with E-state index in [1.165, 1.54) is 11.1 Å². The van der Waals surface area contributed by atoms with Crippen LogP contribution in [0.25, 0.3) is 5.57 Å². The molecular formula is C21H20N2. The van der Waals surface area contributed by atoms with Gasteiger partial charge in [0.2, 0.25) is 0 Å². The molecule has 0 saturated heterocycles. The van der Waals surface area contributed by atoms with Gasteiger partial charge in [-0.2, -0.15) is 0 Å². The van der Waals surface area contributed by atoms with Gasteiger partial charge in [-0.3, -0.25) is 4.99 Å². The standard InChI is InChI=1S/C21H20N2/c1-22-21(20-10-6-3-7-11-20)23-16-17-12-14-19(15-13-17)18-8-4-2-5-9-18/h2-12,14-15,17H,1,13,16H2/t17-/m0/s1. The molecule has 1 atom stereocenters. The van der Waals surface area contributed by atoms with Gasteiger partial charge in [-0.1, -0.05) is 78.9 Å². The van der Waals surface area contributed by atoms with Crippen LogP contribution in [0.3, 0.4) is 0 Å². The molecule has 0 heterocycles. The lowest BCUT2D eigenvalue weighted by atomic mass is 9.93. The lowest BCUT2D eigenvalue weighted by Crippen LogP contribution is -2.07. The van der Waals surface area contributed by atoms with Crippen molar-refractivity contribution in [3.63, 3.8) is 0 Å². The van der Waals surface area contributed by atoms with Crippen molar-refractivity contribution >= 4 is 18.1 Å². The average molecular weight is 300 g/mol. The van der Waals surface area contributed by atoms with Gasteiger partial charge in [-0.05, 0) is 24.3 Å². The van der Waals surface area contributed by atoms with E-state index < -0.39 is 0 Å². The predicted octanol–water partition coefficient (Wildman–Crippen LogP) is 4.79. The first-order valence-corrected chi connectivity index (χ1v) is 7.87. The van der Waals surface area contributed by atoms with Crippen LogP contribution >= 0.6 is 0 Å². The van der Waals surface area contributed by atoms with E-state index in [-0.39, 0.29) is 0 Å². The molecule has 2 aromatic carbocycles. The molecular weight excluding hydrogens is 280 g/mol. The molecule has 0 fully saturated rings. The van der Waals surface area contributed by atoms with Crippen molar-refractivity contribution in [1.29, 1.82) is 0 Å².